The molecule has 0 aromatic heterocycles. The van der Waals surface area contributed by atoms with E-state index in [0.29, 0.717) is 18.9 Å². The number of nitriles is 1. The Morgan fingerprint density at radius 3 is 2.65 bits per heavy atom. The molecule has 0 bridgehead atoms. The first-order valence-corrected chi connectivity index (χ1v) is 5.97. The molecule has 0 aliphatic rings. The fourth-order valence-corrected chi connectivity index (χ4v) is 1.62. The third-order valence-electron chi connectivity index (χ3n) is 2.65. The zero-order valence-corrected chi connectivity index (χ0v) is 10.8. The molecule has 0 saturated carbocycles. The fourth-order valence-electron chi connectivity index (χ4n) is 1.62. The van der Waals surface area contributed by atoms with Crippen LogP contribution in [0.5, 0.6) is 0 Å². The zero-order valence-electron chi connectivity index (χ0n) is 10.8. The van der Waals surface area contributed by atoms with Crippen LogP contribution < -0.4 is 11.1 Å². The maximum atomic E-state index is 12.9. The van der Waals surface area contributed by atoms with Gasteiger partial charge in [0, 0.05) is 0 Å². The monoisotopic (exact) mass is 285 g/mol. The van der Waals surface area contributed by atoms with Crippen LogP contribution >= 0.6 is 0 Å². The fraction of sp³-hybridized carbons (Fsp3) is 0.385. The average molecular weight is 285 g/mol. The van der Waals surface area contributed by atoms with E-state index in [1.165, 1.54) is 6.07 Å². The number of nitrogens with two attached hydrogens (primary N) is 1. The number of carbonyl (C=O) groups is 1. The van der Waals surface area contributed by atoms with E-state index in [1.54, 1.807) is 6.07 Å². The van der Waals surface area contributed by atoms with Crippen LogP contribution in [0, 0.1) is 11.3 Å². The predicted molar refractivity (Wildman–Crippen MR) is 67.7 cm³/mol. The summed E-state index contributed by atoms with van der Waals surface area (Å²) in [5.74, 6) is -0.679. The summed E-state index contributed by atoms with van der Waals surface area (Å²) < 4.78 is 38.6. The van der Waals surface area contributed by atoms with Gasteiger partial charge in [0.1, 0.15) is 0 Å². The van der Waals surface area contributed by atoms with Crippen molar-refractivity contribution in [3.8, 4) is 6.07 Å². The Bertz CT molecular complexity index is 535. The minimum Gasteiger partial charge on any atom is -0.324 e. The Morgan fingerprint density at radius 1 is 1.50 bits per heavy atom. The number of amides is 1. The van der Waals surface area contributed by atoms with Gasteiger partial charge in [-0.25, -0.2) is 0 Å². The molecule has 0 spiro atoms. The number of anilines is 1. The summed E-state index contributed by atoms with van der Waals surface area (Å²) >= 11 is 0. The first-order chi connectivity index (χ1) is 9.29. The van der Waals surface area contributed by atoms with E-state index in [4.69, 9.17) is 11.0 Å². The number of hydrogen-bond donors (Lipinski definition) is 2. The zero-order chi connectivity index (χ0) is 15.3. The lowest BCUT2D eigenvalue weighted by Gasteiger charge is -2.16. The first kappa shape index (κ1) is 16.0. The van der Waals surface area contributed by atoms with E-state index in [1.807, 2.05) is 6.92 Å². The van der Waals surface area contributed by atoms with E-state index in [2.05, 4.69) is 5.32 Å². The van der Waals surface area contributed by atoms with Gasteiger partial charge in [0.2, 0.25) is 5.91 Å². The Hall–Kier alpha value is -2.07. The van der Waals surface area contributed by atoms with Crippen LogP contribution in [0.25, 0.3) is 0 Å². The van der Waals surface area contributed by atoms with Gasteiger partial charge in [-0.1, -0.05) is 13.3 Å². The smallest absolute Gasteiger partial charge is 0.324 e. The van der Waals surface area contributed by atoms with Crippen molar-refractivity contribution < 1.29 is 18.0 Å². The molecule has 7 heteroatoms. The Morgan fingerprint density at radius 2 is 2.15 bits per heavy atom. The summed E-state index contributed by atoms with van der Waals surface area (Å²) in [5, 5.41) is 10.8. The molecule has 0 aliphatic carbocycles. The molecule has 3 N–H and O–H groups in total. The molecule has 1 rings (SSSR count). The molecule has 108 valence electrons. The van der Waals surface area contributed by atoms with Gasteiger partial charge in [-0.15, -0.1) is 0 Å². The van der Waals surface area contributed by atoms with Crippen molar-refractivity contribution in [3.05, 3.63) is 29.3 Å². The van der Waals surface area contributed by atoms with Gasteiger partial charge in [0.15, 0.2) is 0 Å². The van der Waals surface area contributed by atoms with Crippen LogP contribution in [-0.4, -0.2) is 11.9 Å². The van der Waals surface area contributed by atoms with E-state index < -0.39 is 29.4 Å². The van der Waals surface area contributed by atoms with Crippen molar-refractivity contribution >= 4 is 11.6 Å². The summed E-state index contributed by atoms with van der Waals surface area (Å²) in [6.45, 7) is 1.82. The predicted octanol–water partition coefficient (Wildman–Crippen LogP) is 2.64. The third kappa shape index (κ3) is 3.96. The minimum atomic E-state index is -4.66. The van der Waals surface area contributed by atoms with Crippen molar-refractivity contribution in [2.24, 2.45) is 5.73 Å². The Balaban J connectivity index is 3.07. The molecule has 4 nitrogen and oxygen atoms in total. The lowest BCUT2D eigenvalue weighted by Crippen LogP contribution is -2.35. The molecule has 20 heavy (non-hydrogen) atoms. The van der Waals surface area contributed by atoms with E-state index in [9.17, 15) is 18.0 Å². The maximum absolute atomic E-state index is 12.9. The number of hydrogen-bond acceptors (Lipinski definition) is 3. The van der Waals surface area contributed by atoms with Crippen LogP contribution in [0.1, 0.15) is 30.9 Å². The van der Waals surface area contributed by atoms with Crippen LogP contribution in [0.4, 0.5) is 18.9 Å². The summed E-state index contributed by atoms with van der Waals surface area (Å²) in [6, 6.07) is 3.71. The SMILES string of the molecule is CCCC(N)C(=O)Nc1ccc(C#N)cc1C(F)(F)F. The van der Waals surface area contributed by atoms with Crippen molar-refractivity contribution in [2.45, 2.75) is 32.0 Å². The van der Waals surface area contributed by atoms with Crippen LogP contribution in [0.15, 0.2) is 18.2 Å². The molecule has 0 radical (unpaired) electrons. The van der Waals surface area contributed by atoms with Gasteiger partial charge in [0.25, 0.3) is 0 Å². The summed E-state index contributed by atoms with van der Waals surface area (Å²) in [6.07, 6.45) is -3.64. The third-order valence-corrected chi connectivity index (χ3v) is 2.65. The second-order valence-corrected chi connectivity index (χ2v) is 4.25. The number of carbonyl (C=O) groups excluding carboxylic acids is 1. The van der Waals surface area contributed by atoms with Crippen LogP contribution in [-0.2, 0) is 11.0 Å². The number of benzene rings is 1. The molecule has 0 aliphatic heterocycles. The van der Waals surface area contributed by atoms with Gasteiger partial charge in [-0.3, -0.25) is 4.79 Å². The van der Waals surface area contributed by atoms with Gasteiger partial charge in [-0.05, 0) is 24.6 Å². The molecular formula is C13H14F3N3O. The van der Waals surface area contributed by atoms with Crippen LogP contribution in [0.3, 0.4) is 0 Å². The van der Waals surface area contributed by atoms with Gasteiger partial charge < -0.3 is 11.1 Å². The second-order valence-electron chi connectivity index (χ2n) is 4.25. The molecule has 1 aromatic carbocycles. The number of nitrogens with zero attached hydrogens (tertiary/aromatic N) is 1. The maximum Gasteiger partial charge on any atom is 0.418 e. The van der Waals surface area contributed by atoms with E-state index in [0.717, 1.165) is 6.07 Å². The number of rotatable bonds is 4. The highest BCUT2D eigenvalue weighted by atomic mass is 19.4. The Kier molecular flexibility index (Phi) is 5.11. The highest BCUT2D eigenvalue weighted by molar-refractivity contribution is 5.95. The molecule has 1 amide bonds. The first-order valence-electron chi connectivity index (χ1n) is 5.97. The summed E-state index contributed by atoms with van der Waals surface area (Å²) in [5.41, 5.74) is 3.96. The molecule has 1 atom stereocenters. The summed E-state index contributed by atoms with van der Waals surface area (Å²) in [7, 11) is 0. The van der Waals surface area contributed by atoms with Gasteiger partial charge in [-0.2, -0.15) is 18.4 Å². The standard InChI is InChI=1S/C13H14F3N3O/c1-2-3-10(18)12(20)19-11-5-4-8(7-17)6-9(11)13(14,15)16/h4-6,10H,2-3,18H2,1H3,(H,19,20). The normalized spacial score (nSPS) is 12.6. The van der Waals surface area contributed by atoms with Gasteiger partial charge in [0.05, 0.1) is 28.9 Å². The topological polar surface area (TPSA) is 78.9 Å². The number of alkyl halides is 3. The Labute approximate surface area is 114 Å². The molecule has 0 fully saturated rings. The lowest BCUT2D eigenvalue weighted by atomic mass is 10.1. The van der Waals surface area contributed by atoms with Crippen molar-refractivity contribution in [2.75, 3.05) is 5.32 Å². The van der Waals surface area contributed by atoms with Crippen molar-refractivity contribution in [1.29, 1.82) is 5.26 Å². The van der Waals surface area contributed by atoms with Gasteiger partial charge >= 0.3 is 6.18 Å². The quantitative estimate of drug-likeness (QED) is 0.892. The molecule has 1 unspecified atom stereocenters. The molecule has 0 saturated heterocycles. The number of halogens is 3. The second kappa shape index (κ2) is 6.39. The highest BCUT2D eigenvalue weighted by Gasteiger charge is 2.34. The highest BCUT2D eigenvalue weighted by Crippen LogP contribution is 2.35. The van der Waals surface area contributed by atoms with E-state index >= 15 is 0 Å². The average Bonchev–Trinajstić information content (AvgIpc) is 2.38. The minimum absolute atomic E-state index is 0.131. The summed E-state index contributed by atoms with van der Waals surface area (Å²) in [4.78, 5) is 11.7. The molecular weight excluding hydrogens is 271 g/mol. The van der Waals surface area contributed by atoms with Crippen molar-refractivity contribution in [1.82, 2.24) is 0 Å². The largest absolute Gasteiger partial charge is 0.418 e. The van der Waals surface area contributed by atoms with Crippen LogP contribution in [0.2, 0.25) is 0 Å². The van der Waals surface area contributed by atoms with E-state index in [-0.39, 0.29) is 5.56 Å². The lowest BCUT2D eigenvalue weighted by molar-refractivity contribution is -0.137. The molecule has 1 aromatic rings. The van der Waals surface area contributed by atoms with Crippen molar-refractivity contribution in [3.63, 3.8) is 0 Å². The number of nitrogens with one attached hydrogen (secondary N) is 1. The molecule has 0 heterocycles.